The molecule has 0 saturated carbocycles. The van der Waals surface area contributed by atoms with Gasteiger partial charge in [0.2, 0.25) is 5.91 Å². The van der Waals surface area contributed by atoms with Crippen LogP contribution < -0.4 is 15.0 Å². The van der Waals surface area contributed by atoms with Crippen LogP contribution >= 0.6 is 0 Å². The van der Waals surface area contributed by atoms with E-state index < -0.39 is 5.66 Å². The van der Waals surface area contributed by atoms with Crippen molar-refractivity contribution in [1.82, 2.24) is 5.32 Å². The molecule has 2 aliphatic heterocycles. The molecule has 30 heavy (non-hydrogen) atoms. The number of rotatable bonds is 3. The topological polar surface area (TPSA) is 41.6 Å². The van der Waals surface area contributed by atoms with Gasteiger partial charge in [0.15, 0.2) is 0 Å². The number of hydrogen-bond donors (Lipinski definition) is 1. The van der Waals surface area contributed by atoms with Crippen LogP contribution in [0.25, 0.3) is 16.8 Å². The van der Waals surface area contributed by atoms with Crippen LogP contribution in [-0.4, -0.2) is 25.2 Å². The van der Waals surface area contributed by atoms with Gasteiger partial charge in [0.05, 0.1) is 7.11 Å². The number of carbonyl (C=O) groups excluding carboxylic acids is 1. The van der Waals surface area contributed by atoms with E-state index in [2.05, 4.69) is 78.7 Å². The average molecular weight is 399 g/mol. The van der Waals surface area contributed by atoms with Crippen LogP contribution in [0, 0.1) is 0 Å². The highest BCUT2D eigenvalue weighted by Gasteiger charge is 2.57. The van der Waals surface area contributed by atoms with E-state index in [1.165, 1.54) is 11.3 Å². The van der Waals surface area contributed by atoms with E-state index in [0.29, 0.717) is 13.0 Å². The predicted molar refractivity (Wildman–Crippen MR) is 122 cm³/mol. The summed E-state index contributed by atoms with van der Waals surface area (Å²) in [4.78, 5) is 14.9. The van der Waals surface area contributed by atoms with Crippen LogP contribution in [0.5, 0.6) is 5.75 Å². The fraction of sp³-hybridized carbons (Fsp3) is 0.269. The van der Waals surface area contributed by atoms with E-state index in [1.807, 2.05) is 18.2 Å². The maximum atomic E-state index is 12.6. The van der Waals surface area contributed by atoms with Gasteiger partial charge >= 0.3 is 0 Å². The molecule has 0 aliphatic carbocycles. The van der Waals surface area contributed by atoms with Gasteiger partial charge in [0, 0.05) is 29.6 Å². The third-order valence-electron chi connectivity index (χ3n) is 6.78. The van der Waals surface area contributed by atoms with Crippen LogP contribution in [0.4, 0.5) is 5.69 Å². The molecular weight excluding hydrogens is 372 g/mol. The van der Waals surface area contributed by atoms with Crippen LogP contribution in [0.1, 0.15) is 31.4 Å². The third-order valence-corrected chi connectivity index (χ3v) is 6.78. The summed E-state index contributed by atoms with van der Waals surface area (Å²) in [6.07, 6.45) is 4.78. The molecule has 1 atom stereocenters. The Morgan fingerprint density at radius 1 is 1.03 bits per heavy atom. The summed E-state index contributed by atoms with van der Waals surface area (Å²) < 4.78 is 5.69. The van der Waals surface area contributed by atoms with E-state index in [0.717, 1.165) is 22.1 Å². The second-order valence-corrected chi connectivity index (χ2v) is 8.59. The molecule has 0 spiro atoms. The van der Waals surface area contributed by atoms with Gasteiger partial charge < -0.3 is 15.0 Å². The molecule has 152 valence electrons. The maximum Gasteiger partial charge on any atom is 0.223 e. The first kappa shape index (κ1) is 18.7. The number of anilines is 1. The zero-order valence-corrected chi connectivity index (χ0v) is 17.6. The Labute approximate surface area is 177 Å². The van der Waals surface area contributed by atoms with Crippen molar-refractivity contribution in [2.24, 2.45) is 0 Å². The van der Waals surface area contributed by atoms with Crippen molar-refractivity contribution < 1.29 is 9.53 Å². The van der Waals surface area contributed by atoms with E-state index in [4.69, 9.17) is 4.74 Å². The van der Waals surface area contributed by atoms with Crippen molar-refractivity contribution in [3.63, 3.8) is 0 Å². The lowest BCUT2D eigenvalue weighted by molar-refractivity contribution is -0.124. The molecule has 4 nitrogen and oxygen atoms in total. The lowest BCUT2D eigenvalue weighted by Crippen LogP contribution is -2.68. The van der Waals surface area contributed by atoms with Crippen molar-refractivity contribution in [3.05, 3.63) is 77.9 Å². The van der Waals surface area contributed by atoms with Crippen LogP contribution in [0.3, 0.4) is 0 Å². The molecule has 4 heteroatoms. The van der Waals surface area contributed by atoms with Crippen molar-refractivity contribution in [2.45, 2.75) is 31.3 Å². The number of methoxy groups -OCH3 is 1. The zero-order chi connectivity index (χ0) is 20.9. The molecule has 2 heterocycles. The standard InChI is InChI=1S/C26H26N2O2/c1-25(2)21-10-6-7-11-22(21)28-17-15-24(29)27-26(25,28)16-14-20-19-9-5-4-8-18(19)12-13-23(20)30-3/h4-14,16H,15,17H2,1-3H3,(H,27,29). The van der Waals surface area contributed by atoms with E-state index in [1.54, 1.807) is 7.11 Å². The fourth-order valence-corrected chi connectivity index (χ4v) is 5.15. The minimum atomic E-state index is -0.631. The highest BCUT2D eigenvalue weighted by molar-refractivity contribution is 5.94. The Morgan fingerprint density at radius 2 is 1.80 bits per heavy atom. The molecule has 1 fully saturated rings. The summed E-state index contributed by atoms with van der Waals surface area (Å²) in [7, 11) is 1.70. The van der Waals surface area contributed by atoms with Gasteiger partial charge in [0.1, 0.15) is 11.4 Å². The summed E-state index contributed by atoms with van der Waals surface area (Å²) >= 11 is 0. The number of hydrogen-bond acceptors (Lipinski definition) is 3. The van der Waals surface area contributed by atoms with Crippen molar-refractivity contribution >= 4 is 28.4 Å². The van der Waals surface area contributed by atoms with Gasteiger partial charge in [-0.05, 0) is 34.5 Å². The maximum absolute atomic E-state index is 12.6. The second kappa shape index (κ2) is 6.63. The number of amides is 1. The minimum absolute atomic E-state index is 0.0849. The molecule has 0 aromatic heterocycles. The Morgan fingerprint density at radius 3 is 2.63 bits per heavy atom. The summed E-state index contributed by atoms with van der Waals surface area (Å²) in [6.45, 7) is 5.12. The number of para-hydroxylation sites is 1. The van der Waals surface area contributed by atoms with Crippen molar-refractivity contribution in [3.8, 4) is 5.75 Å². The zero-order valence-electron chi connectivity index (χ0n) is 17.6. The Hall–Kier alpha value is -3.27. The van der Waals surface area contributed by atoms with Gasteiger partial charge in [-0.25, -0.2) is 0 Å². The Bertz CT molecular complexity index is 1180. The average Bonchev–Trinajstić information content (AvgIpc) is 2.95. The number of benzene rings is 3. The molecule has 2 aliphatic rings. The van der Waals surface area contributed by atoms with E-state index in [-0.39, 0.29) is 11.3 Å². The first-order valence-corrected chi connectivity index (χ1v) is 10.4. The molecule has 5 rings (SSSR count). The lowest BCUT2D eigenvalue weighted by Gasteiger charge is -2.49. The molecule has 1 saturated heterocycles. The monoisotopic (exact) mass is 398 g/mol. The molecule has 0 radical (unpaired) electrons. The first-order chi connectivity index (χ1) is 14.5. The number of ether oxygens (including phenoxy) is 1. The number of fused-ring (bicyclic) bond motifs is 4. The normalized spacial score (nSPS) is 22.1. The highest BCUT2D eigenvalue weighted by Crippen LogP contribution is 2.52. The van der Waals surface area contributed by atoms with Crippen molar-refractivity contribution in [1.29, 1.82) is 0 Å². The summed E-state index contributed by atoms with van der Waals surface area (Å²) in [5.74, 6) is 0.907. The van der Waals surface area contributed by atoms with Crippen molar-refractivity contribution in [2.75, 3.05) is 18.6 Å². The number of carbonyl (C=O) groups is 1. The van der Waals surface area contributed by atoms with E-state index >= 15 is 0 Å². The van der Waals surface area contributed by atoms with Crippen LogP contribution in [-0.2, 0) is 10.2 Å². The Kier molecular flexibility index (Phi) is 4.14. The van der Waals surface area contributed by atoms with Gasteiger partial charge in [-0.2, -0.15) is 0 Å². The van der Waals surface area contributed by atoms with E-state index in [9.17, 15) is 4.79 Å². The molecule has 1 amide bonds. The van der Waals surface area contributed by atoms with Gasteiger partial charge in [0.25, 0.3) is 0 Å². The van der Waals surface area contributed by atoms with Gasteiger partial charge in [-0.1, -0.05) is 68.5 Å². The molecule has 1 unspecified atom stereocenters. The smallest absolute Gasteiger partial charge is 0.223 e. The molecular formula is C26H26N2O2. The molecule has 1 N–H and O–H groups in total. The number of nitrogens with one attached hydrogen (secondary N) is 1. The van der Waals surface area contributed by atoms with Crippen LogP contribution in [0.15, 0.2) is 66.7 Å². The SMILES string of the molecule is COc1ccc2ccccc2c1C=CC12NC(=O)CCN1c1ccccc1C2(C)C. The summed E-state index contributed by atoms with van der Waals surface area (Å²) in [5.41, 5.74) is 2.54. The highest BCUT2D eigenvalue weighted by atomic mass is 16.5. The lowest BCUT2D eigenvalue weighted by atomic mass is 9.74. The number of nitrogens with zero attached hydrogens (tertiary/aromatic N) is 1. The summed E-state index contributed by atoms with van der Waals surface area (Å²) in [6, 6.07) is 20.9. The quantitative estimate of drug-likeness (QED) is 0.684. The van der Waals surface area contributed by atoms with Gasteiger partial charge in [-0.3, -0.25) is 4.79 Å². The minimum Gasteiger partial charge on any atom is -0.496 e. The second-order valence-electron chi connectivity index (χ2n) is 8.59. The molecule has 0 bridgehead atoms. The predicted octanol–water partition coefficient (Wildman–Crippen LogP) is 4.88. The Balaban J connectivity index is 1.71. The molecule has 3 aromatic carbocycles. The fourth-order valence-electron chi connectivity index (χ4n) is 5.15. The van der Waals surface area contributed by atoms with Gasteiger partial charge in [-0.15, -0.1) is 0 Å². The van der Waals surface area contributed by atoms with Crippen LogP contribution in [0.2, 0.25) is 0 Å². The first-order valence-electron chi connectivity index (χ1n) is 10.4. The third kappa shape index (κ3) is 2.49. The largest absolute Gasteiger partial charge is 0.496 e. The molecule has 3 aromatic rings. The summed E-state index contributed by atoms with van der Waals surface area (Å²) in [5, 5.41) is 5.64.